The van der Waals surface area contributed by atoms with Gasteiger partial charge in [-0.15, -0.1) is 0 Å². The molecular weight excluding hydrogens is 324 g/mol. The molecule has 1 aromatic carbocycles. The number of nitrogen functional groups attached to an aromatic ring is 1. The van der Waals surface area contributed by atoms with E-state index in [9.17, 15) is 0 Å². The molecule has 2 N–H and O–H groups in total. The van der Waals surface area contributed by atoms with Crippen molar-refractivity contribution in [2.45, 2.75) is 6.92 Å². The molecule has 78 valence electrons. The summed E-state index contributed by atoms with van der Waals surface area (Å²) in [5.41, 5.74) is 7.70. The number of hydrogen-bond donors (Lipinski definition) is 1. The van der Waals surface area contributed by atoms with Crippen LogP contribution in [0.15, 0.2) is 24.4 Å². The van der Waals surface area contributed by atoms with Crippen LogP contribution in [0.25, 0.3) is 5.69 Å². The van der Waals surface area contributed by atoms with Gasteiger partial charge in [-0.2, -0.15) is 0 Å². The van der Waals surface area contributed by atoms with E-state index in [-0.39, 0.29) is 0 Å². The average Bonchev–Trinajstić information content (AvgIpc) is 2.45. The Labute approximate surface area is 106 Å². The fourth-order valence-corrected chi connectivity index (χ4v) is 2.52. The molecule has 0 amide bonds. The van der Waals surface area contributed by atoms with Gasteiger partial charge in [-0.1, -0.05) is 11.6 Å². The number of anilines is 1. The van der Waals surface area contributed by atoms with Crippen LogP contribution in [-0.4, -0.2) is 9.55 Å². The Hall–Kier alpha value is -0.750. The molecule has 0 aliphatic rings. The van der Waals surface area contributed by atoms with Crippen LogP contribution in [0.4, 0.5) is 5.95 Å². The summed E-state index contributed by atoms with van der Waals surface area (Å²) in [6.07, 6.45) is 1.90. The van der Waals surface area contributed by atoms with E-state index in [1.165, 1.54) is 0 Å². The zero-order valence-electron chi connectivity index (χ0n) is 8.04. The van der Waals surface area contributed by atoms with Crippen molar-refractivity contribution in [1.82, 2.24) is 9.55 Å². The summed E-state index contributed by atoms with van der Waals surface area (Å²) in [5.74, 6) is 0.493. The van der Waals surface area contributed by atoms with Gasteiger partial charge in [0.25, 0.3) is 0 Å². The lowest BCUT2D eigenvalue weighted by atomic mass is 10.3. The van der Waals surface area contributed by atoms with Gasteiger partial charge in [-0.05, 0) is 47.7 Å². The van der Waals surface area contributed by atoms with Crippen molar-refractivity contribution in [3.63, 3.8) is 0 Å². The zero-order valence-corrected chi connectivity index (χ0v) is 11.0. The molecule has 0 unspecified atom stereocenters. The number of rotatable bonds is 1. The van der Waals surface area contributed by atoms with Crippen molar-refractivity contribution in [2.24, 2.45) is 0 Å². The molecule has 0 saturated carbocycles. The largest absolute Gasteiger partial charge is 0.369 e. The second-order valence-electron chi connectivity index (χ2n) is 3.21. The highest BCUT2D eigenvalue weighted by molar-refractivity contribution is 14.1. The molecule has 0 bridgehead atoms. The van der Waals surface area contributed by atoms with Crippen LogP contribution in [0.3, 0.4) is 0 Å². The zero-order chi connectivity index (χ0) is 11.0. The van der Waals surface area contributed by atoms with E-state index < -0.39 is 0 Å². The maximum absolute atomic E-state index is 5.89. The number of nitrogens with two attached hydrogens (primary N) is 1. The topological polar surface area (TPSA) is 43.8 Å². The molecule has 3 nitrogen and oxygen atoms in total. The third kappa shape index (κ3) is 2.10. The van der Waals surface area contributed by atoms with E-state index in [0.29, 0.717) is 5.95 Å². The summed E-state index contributed by atoms with van der Waals surface area (Å²) in [4.78, 5) is 4.16. The molecule has 1 heterocycles. The smallest absolute Gasteiger partial charge is 0.205 e. The van der Waals surface area contributed by atoms with E-state index >= 15 is 0 Å². The Morgan fingerprint density at radius 1 is 1.47 bits per heavy atom. The standard InChI is InChI=1S/C10H9ClIN3/c1-6-5-15(10(13)14-6)9-3-2-7(11)4-8(9)12/h2-5H,1H3,(H2,13,14). The Balaban J connectivity index is 2.59. The van der Waals surface area contributed by atoms with Crippen LogP contribution in [-0.2, 0) is 0 Å². The normalized spacial score (nSPS) is 10.6. The Morgan fingerprint density at radius 3 is 2.73 bits per heavy atom. The second-order valence-corrected chi connectivity index (χ2v) is 4.80. The number of aromatic nitrogens is 2. The van der Waals surface area contributed by atoms with Gasteiger partial charge in [0.1, 0.15) is 0 Å². The minimum atomic E-state index is 0.493. The highest BCUT2D eigenvalue weighted by atomic mass is 127. The second kappa shape index (κ2) is 4.02. The van der Waals surface area contributed by atoms with Gasteiger partial charge in [0, 0.05) is 14.8 Å². The molecule has 0 spiro atoms. The van der Waals surface area contributed by atoms with Crippen molar-refractivity contribution >= 4 is 40.1 Å². The molecule has 0 aliphatic carbocycles. The summed E-state index contributed by atoms with van der Waals surface area (Å²) in [7, 11) is 0. The van der Waals surface area contributed by atoms with Gasteiger partial charge >= 0.3 is 0 Å². The van der Waals surface area contributed by atoms with Crippen LogP contribution in [0, 0.1) is 10.5 Å². The first kappa shape index (κ1) is 10.8. The lowest BCUT2D eigenvalue weighted by molar-refractivity contribution is 1.07. The lowest BCUT2D eigenvalue weighted by Crippen LogP contribution is -2.01. The van der Waals surface area contributed by atoms with Gasteiger partial charge in [0.15, 0.2) is 0 Å². The molecule has 2 rings (SSSR count). The first-order valence-corrected chi connectivity index (χ1v) is 5.80. The van der Waals surface area contributed by atoms with Crippen LogP contribution in [0.5, 0.6) is 0 Å². The molecule has 15 heavy (non-hydrogen) atoms. The van der Waals surface area contributed by atoms with Gasteiger partial charge in [0.2, 0.25) is 5.95 Å². The molecule has 0 radical (unpaired) electrons. The van der Waals surface area contributed by atoms with Crippen molar-refractivity contribution < 1.29 is 0 Å². The van der Waals surface area contributed by atoms with Crippen LogP contribution >= 0.6 is 34.2 Å². The maximum atomic E-state index is 5.89. The van der Waals surface area contributed by atoms with Crippen LogP contribution in [0.2, 0.25) is 5.02 Å². The molecule has 0 aliphatic heterocycles. The van der Waals surface area contributed by atoms with Crippen molar-refractivity contribution in [1.29, 1.82) is 0 Å². The predicted molar refractivity (Wildman–Crippen MR) is 70.4 cm³/mol. The molecular formula is C10H9ClIN3. The van der Waals surface area contributed by atoms with E-state index in [2.05, 4.69) is 27.6 Å². The van der Waals surface area contributed by atoms with E-state index in [1.54, 1.807) is 0 Å². The molecule has 1 aromatic heterocycles. The Kier molecular flexibility index (Phi) is 2.88. The summed E-state index contributed by atoms with van der Waals surface area (Å²) in [6.45, 7) is 1.91. The highest BCUT2D eigenvalue weighted by Crippen LogP contribution is 2.23. The number of imidazole rings is 1. The number of halogens is 2. The van der Waals surface area contributed by atoms with Crippen LogP contribution in [0.1, 0.15) is 5.69 Å². The van der Waals surface area contributed by atoms with E-state index in [1.807, 2.05) is 35.9 Å². The predicted octanol–water partition coefficient (Wildman–Crippen LogP) is 3.02. The minimum absolute atomic E-state index is 0.493. The lowest BCUT2D eigenvalue weighted by Gasteiger charge is -2.07. The van der Waals surface area contributed by atoms with Crippen molar-refractivity contribution in [3.8, 4) is 5.69 Å². The Bertz CT molecular complexity index is 507. The van der Waals surface area contributed by atoms with E-state index in [0.717, 1.165) is 20.0 Å². The summed E-state index contributed by atoms with van der Waals surface area (Å²) < 4.78 is 2.90. The first-order valence-electron chi connectivity index (χ1n) is 4.35. The summed E-state index contributed by atoms with van der Waals surface area (Å²) in [5, 5.41) is 0.721. The SMILES string of the molecule is Cc1cn(-c2ccc(Cl)cc2I)c(N)n1. The summed E-state index contributed by atoms with van der Waals surface area (Å²) >= 11 is 8.12. The quantitative estimate of drug-likeness (QED) is 0.815. The first-order chi connectivity index (χ1) is 7.08. The molecule has 2 aromatic rings. The van der Waals surface area contributed by atoms with Gasteiger partial charge in [0.05, 0.1) is 11.4 Å². The number of benzene rings is 1. The third-order valence-corrected chi connectivity index (χ3v) is 3.12. The van der Waals surface area contributed by atoms with Gasteiger partial charge in [-0.25, -0.2) is 4.98 Å². The molecule has 0 saturated heterocycles. The fourth-order valence-electron chi connectivity index (χ4n) is 1.39. The summed E-state index contributed by atoms with van der Waals surface area (Å²) in [6, 6.07) is 5.67. The van der Waals surface area contributed by atoms with E-state index in [4.69, 9.17) is 17.3 Å². The van der Waals surface area contributed by atoms with Crippen LogP contribution < -0.4 is 5.73 Å². The molecule has 0 atom stereocenters. The molecule has 5 heteroatoms. The van der Waals surface area contributed by atoms with Gasteiger partial charge in [-0.3, -0.25) is 4.57 Å². The van der Waals surface area contributed by atoms with Gasteiger partial charge < -0.3 is 5.73 Å². The van der Waals surface area contributed by atoms with Crippen molar-refractivity contribution in [2.75, 3.05) is 5.73 Å². The Morgan fingerprint density at radius 2 is 2.20 bits per heavy atom. The monoisotopic (exact) mass is 333 g/mol. The minimum Gasteiger partial charge on any atom is -0.369 e. The fraction of sp³-hybridized carbons (Fsp3) is 0.100. The number of nitrogens with zero attached hydrogens (tertiary/aromatic N) is 2. The average molecular weight is 334 g/mol. The van der Waals surface area contributed by atoms with Crippen molar-refractivity contribution in [3.05, 3.63) is 38.7 Å². The number of aryl methyl sites for hydroxylation is 1. The number of hydrogen-bond acceptors (Lipinski definition) is 2. The third-order valence-electron chi connectivity index (χ3n) is 2.02. The highest BCUT2D eigenvalue weighted by Gasteiger charge is 2.07. The maximum Gasteiger partial charge on any atom is 0.205 e. The molecule has 0 fully saturated rings.